The lowest BCUT2D eigenvalue weighted by molar-refractivity contribution is 0.598. The molecule has 2 heterocycles. The van der Waals surface area contributed by atoms with Crippen LogP contribution in [0, 0.1) is 12.7 Å². The van der Waals surface area contributed by atoms with E-state index in [-0.39, 0.29) is 16.3 Å². The molecule has 2 aromatic heterocycles. The lowest BCUT2D eigenvalue weighted by Crippen LogP contribution is -2.14. The van der Waals surface area contributed by atoms with E-state index in [4.69, 9.17) is 0 Å². The highest BCUT2D eigenvalue weighted by Crippen LogP contribution is 2.18. The molecule has 134 valence electrons. The van der Waals surface area contributed by atoms with Crippen molar-refractivity contribution in [3.63, 3.8) is 0 Å². The van der Waals surface area contributed by atoms with Gasteiger partial charge in [0, 0.05) is 18.9 Å². The van der Waals surface area contributed by atoms with Gasteiger partial charge in [0.05, 0.1) is 16.8 Å². The topological polar surface area (TPSA) is 84.0 Å². The monoisotopic (exact) mass is 372 g/mol. The number of nitrogens with one attached hydrogen (secondary N) is 2. The third kappa shape index (κ3) is 4.34. The number of hydrogen-bond donors (Lipinski definition) is 2. The normalized spacial score (nSPS) is 11.2. The van der Waals surface area contributed by atoms with Gasteiger partial charge in [-0.2, -0.15) is 0 Å². The molecule has 0 saturated carbocycles. The average molecular weight is 372 g/mol. The number of hydrogen-bond acceptors (Lipinski definition) is 5. The summed E-state index contributed by atoms with van der Waals surface area (Å²) in [6, 6.07) is 10.7. The first-order chi connectivity index (χ1) is 12.4. The van der Waals surface area contributed by atoms with Gasteiger partial charge in [0.25, 0.3) is 10.0 Å². The van der Waals surface area contributed by atoms with Crippen LogP contribution in [0.25, 0.3) is 0 Å². The van der Waals surface area contributed by atoms with E-state index >= 15 is 0 Å². The van der Waals surface area contributed by atoms with Crippen LogP contribution in [-0.2, 0) is 16.6 Å². The Balaban J connectivity index is 1.67. The molecule has 26 heavy (non-hydrogen) atoms. The van der Waals surface area contributed by atoms with Gasteiger partial charge in [0.2, 0.25) is 0 Å². The van der Waals surface area contributed by atoms with E-state index in [1.165, 1.54) is 25.3 Å². The summed E-state index contributed by atoms with van der Waals surface area (Å²) >= 11 is 0. The van der Waals surface area contributed by atoms with Crippen molar-refractivity contribution in [2.24, 2.45) is 0 Å². The molecule has 0 atom stereocenters. The largest absolute Gasteiger partial charge is 0.380 e. The van der Waals surface area contributed by atoms with Crippen molar-refractivity contribution in [3.05, 3.63) is 78.0 Å². The second kappa shape index (κ2) is 7.49. The van der Waals surface area contributed by atoms with E-state index in [2.05, 4.69) is 20.0 Å². The van der Waals surface area contributed by atoms with Crippen molar-refractivity contribution in [1.29, 1.82) is 0 Å². The van der Waals surface area contributed by atoms with Crippen LogP contribution >= 0.6 is 0 Å². The lowest BCUT2D eigenvalue weighted by Gasteiger charge is -2.10. The maximum atomic E-state index is 13.3. The van der Waals surface area contributed by atoms with Crippen molar-refractivity contribution in [2.75, 3.05) is 10.0 Å². The number of benzene rings is 1. The van der Waals surface area contributed by atoms with Crippen molar-refractivity contribution in [1.82, 2.24) is 9.97 Å². The fraction of sp³-hybridized carbons (Fsp3) is 0.111. The molecule has 0 saturated heterocycles. The van der Waals surface area contributed by atoms with Gasteiger partial charge >= 0.3 is 0 Å². The number of aromatic nitrogens is 2. The predicted octanol–water partition coefficient (Wildman–Crippen LogP) is 3.34. The SMILES string of the molecule is Cc1cc(S(=O)(=O)Nc2ccc(NCc3ccncc3)cn2)ccc1F. The third-order valence-electron chi connectivity index (χ3n) is 3.69. The number of aryl methyl sites for hydroxylation is 1. The minimum Gasteiger partial charge on any atom is -0.380 e. The second-order valence-corrected chi connectivity index (χ2v) is 7.34. The zero-order valence-electron chi connectivity index (χ0n) is 14.0. The molecule has 0 aliphatic heterocycles. The molecular weight excluding hydrogens is 355 g/mol. The Morgan fingerprint density at radius 2 is 1.85 bits per heavy atom. The summed E-state index contributed by atoms with van der Waals surface area (Å²) in [6.45, 7) is 2.11. The summed E-state index contributed by atoms with van der Waals surface area (Å²) in [5.74, 6) is -0.270. The smallest absolute Gasteiger partial charge is 0.263 e. The zero-order valence-corrected chi connectivity index (χ0v) is 14.8. The number of sulfonamides is 1. The summed E-state index contributed by atoms with van der Waals surface area (Å²) in [6.07, 6.45) is 4.96. The molecule has 0 spiro atoms. The first-order valence-electron chi connectivity index (χ1n) is 7.82. The van der Waals surface area contributed by atoms with Crippen molar-refractivity contribution < 1.29 is 12.8 Å². The first-order valence-corrected chi connectivity index (χ1v) is 9.30. The van der Waals surface area contributed by atoms with Crippen molar-refractivity contribution in [3.8, 4) is 0 Å². The number of rotatable bonds is 6. The highest BCUT2D eigenvalue weighted by molar-refractivity contribution is 7.92. The van der Waals surface area contributed by atoms with Crippen LogP contribution in [0.1, 0.15) is 11.1 Å². The first kappa shape index (κ1) is 17.8. The Morgan fingerprint density at radius 3 is 2.50 bits per heavy atom. The van der Waals surface area contributed by atoms with E-state index in [1.807, 2.05) is 12.1 Å². The van der Waals surface area contributed by atoms with Crippen molar-refractivity contribution in [2.45, 2.75) is 18.4 Å². The summed E-state index contributed by atoms with van der Waals surface area (Å²) in [7, 11) is -3.83. The molecule has 0 fully saturated rings. The summed E-state index contributed by atoms with van der Waals surface area (Å²) in [4.78, 5) is 8.04. The molecule has 1 aromatic carbocycles. The standard InChI is InChI=1S/C18H17FN4O2S/c1-13-10-16(3-4-17(13)19)26(24,25)23-18-5-2-15(12-22-18)21-11-14-6-8-20-9-7-14/h2-10,12,21H,11H2,1H3,(H,22,23). The number of nitrogens with zero attached hydrogens (tertiary/aromatic N) is 2. The fourth-order valence-electron chi connectivity index (χ4n) is 2.24. The van der Waals surface area contributed by atoms with Gasteiger partial charge in [-0.1, -0.05) is 0 Å². The summed E-state index contributed by atoms with van der Waals surface area (Å²) in [5.41, 5.74) is 2.08. The molecule has 3 rings (SSSR count). The van der Waals surface area contributed by atoms with Gasteiger partial charge in [0.15, 0.2) is 0 Å². The lowest BCUT2D eigenvalue weighted by atomic mass is 10.2. The van der Waals surface area contributed by atoms with Gasteiger partial charge in [-0.25, -0.2) is 17.8 Å². The maximum Gasteiger partial charge on any atom is 0.263 e. The quantitative estimate of drug-likeness (QED) is 0.693. The van der Waals surface area contributed by atoms with Gasteiger partial charge in [0.1, 0.15) is 11.6 Å². The Morgan fingerprint density at radius 1 is 1.08 bits per heavy atom. The highest BCUT2D eigenvalue weighted by Gasteiger charge is 2.16. The molecule has 0 amide bonds. The van der Waals surface area contributed by atoms with Crippen LogP contribution in [-0.4, -0.2) is 18.4 Å². The predicted molar refractivity (Wildman–Crippen MR) is 97.7 cm³/mol. The van der Waals surface area contributed by atoms with Crippen LogP contribution < -0.4 is 10.0 Å². The molecule has 0 aliphatic rings. The van der Waals surface area contributed by atoms with Crippen molar-refractivity contribution >= 4 is 21.5 Å². The summed E-state index contributed by atoms with van der Waals surface area (Å²) < 4.78 is 40.4. The molecule has 0 bridgehead atoms. The van der Waals surface area contributed by atoms with E-state index in [0.717, 1.165) is 17.3 Å². The van der Waals surface area contributed by atoms with E-state index in [9.17, 15) is 12.8 Å². The zero-order chi connectivity index (χ0) is 18.6. The highest BCUT2D eigenvalue weighted by atomic mass is 32.2. The van der Waals surface area contributed by atoms with E-state index in [0.29, 0.717) is 6.54 Å². The third-order valence-corrected chi connectivity index (χ3v) is 5.04. The Bertz CT molecular complexity index is 993. The maximum absolute atomic E-state index is 13.3. The molecule has 3 aromatic rings. The molecule has 8 heteroatoms. The van der Waals surface area contributed by atoms with Crippen LogP contribution in [0.5, 0.6) is 0 Å². The average Bonchev–Trinajstić information content (AvgIpc) is 2.64. The van der Waals surface area contributed by atoms with Crippen LogP contribution in [0.2, 0.25) is 0 Å². The Kier molecular flexibility index (Phi) is 5.13. The number of anilines is 2. The minimum absolute atomic E-state index is 0.0157. The Labute approximate surface area is 151 Å². The fourth-order valence-corrected chi connectivity index (χ4v) is 3.34. The summed E-state index contributed by atoms with van der Waals surface area (Å²) in [5, 5.41) is 3.19. The van der Waals surface area contributed by atoms with Gasteiger partial charge in [-0.05, 0) is 60.5 Å². The van der Waals surface area contributed by atoms with Gasteiger partial charge < -0.3 is 5.32 Å². The number of halogens is 1. The molecule has 0 unspecified atom stereocenters. The van der Waals surface area contributed by atoms with Crippen LogP contribution in [0.4, 0.5) is 15.9 Å². The number of pyridine rings is 2. The Hall–Kier alpha value is -3.00. The molecule has 6 nitrogen and oxygen atoms in total. The second-order valence-electron chi connectivity index (χ2n) is 5.66. The molecule has 0 aliphatic carbocycles. The van der Waals surface area contributed by atoms with Gasteiger partial charge in [-0.3, -0.25) is 9.71 Å². The van der Waals surface area contributed by atoms with E-state index < -0.39 is 15.8 Å². The van der Waals surface area contributed by atoms with Crippen LogP contribution in [0.3, 0.4) is 0 Å². The minimum atomic E-state index is -3.83. The van der Waals surface area contributed by atoms with Gasteiger partial charge in [-0.15, -0.1) is 0 Å². The molecule has 2 N–H and O–H groups in total. The van der Waals surface area contributed by atoms with Crippen LogP contribution in [0.15, 0.2) is 66.0 Å². The molecule has 0 radical (unpaired) electrons. The molecular formula is C18H17FN4O2S. The van der Waals surface area contributed by atoms with E-state index in [1.54, 1.807) is 24.5 Å².